The zero-order valence-corrected chi connectivity index (χ0v) is 16.0. The number of ether oxygens (including phenoxy) is 1. The highest BCUT2D eigenvalue weighted by Gasteiger charge is 2.26. The highest BCUT2D eigenvalue weighted by molar-refractivity contribution is 5.85. The maximum atomic E-state index is 12.2. The van der Waals surface area contributed by atoms with Gasteiger partial charge in [0.25, 0.3) is 0 Å². The molecule has 3 rings (SSSR count). The van der Waals surface area contributed by atoms with Crippen LogP contribution < -0.4 is 11.1 Å². The lowest BCUT2D eigenvalue weighted by atomic mass is 9.92. The van der Waals surface area contributed by atoms with Crippen molar-refractivity contribution in [2.24, 2.45) is 11.7 Å². The third-order valence-corrected chi connectivity index (χ3v) is 4.38. The molecule has 1 fully saturated rings. The van der Waals surface area contributed by atoms with E-state index < -0.39 is 6.04 Å². The molecule has 3 N–H and O–H groups in total. The highest BCUT2D eigenvalue weighted by Crippen LogP contribution is 2.17. The number of rotatable bonds is 6. The summed E-state index contributed by atoms with van der Waals surface area (Å²) in [5, 5.41) is 7.01. The van der Waals surface area contributed by atoms with Crippen LogP contribution in [0.5, 0.6) is 0 Å². The van der Waals surface area contributed by atoms with Crippen molar-refractivity contribution in [2.45, 2.75) is 32.0 Å². The molecule has 2 heterocycles. The van der Waals surface area contributed by atoms with Crippen molar-refractivity contribution in [2.75, 3.05) is 13.2 Å². The number of carbonyl (C=O) groups is 1. The van der Waals surface area contributed by atoms with Gasteiger partial charge >= 0.3 is 0 Å². The van der Waals surface area contributed by atoms with E-state index in [4.69, 9.17) is 10.5 Å². The molecule has 1 amide bonds. The molecule has 1 aliphatic rings. The van der Waals surface area contributed by atoms with Crippen LogP contribution in [0.15, 0.2) is 36.9 Å². The summed E-state index contributed by atoms with van der Waals surface area (Å²) in [5.41, 5.74) is 8.25. The number of amides is 1. The molecular weight excluding hydrogens is 377 g/mol. The Labute approximate surface area is 165 Å². The standard InChI is InChI=1S/C17H23N5O2.2ClH/c18-16(15-5-7-24-8-6-15)17(23)20-9-13-1-3-14(4-2-13)10-22-12-19-11-21-22;;/h1-4,11-12,15-16H,5-10,18H2,(H,20,23);2*1H. The first-order chi connectivity index (χ1) is 11.7. The van der Waals surface area contributed by atoms with Crippen molar-refractivity contribution in [3.63, 3.8) is 0 Å². The van der Waals surface area contributed by atoms with Gasteiger partial charge in [0.1, 0.15) is 12.7 Å². The molecular formula is C17H25Cl2N5O2. The first kappa shape index (κ1) is 22.4. The van der Waals surface area contributed by atoms with Crippen molar-refractivity contribution in [3.8, 4) is 0 Å². The van der Waals surface area contributed by atoms with Gasteiger partial charge in [-0.25, -0.2) is 9.67 Å². The number of nitrogens with one attached hydrogen (secondary N) is 1. The third-order valence-electron chi connectivity index (χ3n) is 4.38. The number of hydrogen-bond donors (Lipinski definition) is 2. The molecule has 144 valence electrons. The largest absolute Gasteiger partial charge is 0.381 e. The Morgan fingerprint density at radius 3 is 2.50 bits per heavy atom. The minimum Gasteiger partial charge on any atom is -0.381 e. The van der Waals surface area contributed by atoms with Crippen LogP contribution in [0.4, 0.5) is 0 Å². The third kappa shape index (κ3) is 6.25. The van der Waals surface area contributed by atoms with Crippen molar-refractivity contribution >= 4 is 30.7 Å². The zero-order chi connectivity index (χ0) is 16.8. The second-order valence-electron chi connectivity index (χ2n) is 6.10. The second kappa shape index (κ2) is 11.1. The number of hydrogen-bond acceptors (Lipinski definition) is 5. The molecule has 0 saturated carbocycles. The van der Waals surface area contributed by atoms with Gasteiger partial charge in [-0.05, 0) is 29.9 Å². The van der Waals surface area contributed by atoms with Crippen LogP contribution in [0.2, 0.25) is 0 Å². The van der Waals surface area contributed by atoms with Crippen LogP contribution in [0.1, 0.15) is 24.0 Å². The lowest BCUT2D eigenvalue weighted by molar-refractivity contribution is -0.124. The topological polar surface area (TPSA) is 95.1 Å². The van der Waals surface area contributed by atoms with Gasteiger partial charge in [0.2, 0.25) is 5.91 Å². The van der Waals surface area contributed by atoms with Crippen molar-refractivity contribution < 1.29 is 9.53 Å². The predicted octanol–water partition coefficient (Wildman–Crippen LogP) is 1.54. The van der Waals surface area contributed by atoms with Crippen LogP contribution in [-0.2, 0) is 22.6 Å². The molecule has 0 aliphatic carbocycles. The number of carbonyl (C=O) groups excluding carboxylic acids is 1. The van der Waals surface area contributed by atoms with Gasteiger partial charge in [0, 0.05) is 19.8 Å². The molecule has 1 aromatic carbocycles. The van der Waals surface area contributed by atoms with E-state index in [0.717, 1.165) is 24.0 Å². The monoisotopic (exact) mass is 401 g/mol. The van der Waals surface area contributed by atoms with Crippen LogP contribution in [0, 0.1) is 5.92 Å². The van der Waals surface area contributed by atoms with Crippen LogP contribution in [0.25, 0.3) is 0 Å². The SMILES string of the molecule is Cl.Cl.NC(C(=O)NCc1ccc(Cn2cncn2)cc1)C1CCOCC1. The molecule has 2 aromatic rings. The Morgan fingerprint density at radius 1 is 1.23 bits per heavy atom. The summed E-state index contributed by atoms with van der Waals surface area (Å²) >= 11 is 0. The summed E-state index contributed by atoms with van der Waals surface area (Å²) in [5.74, 6) is 0.123. The number of halogens is 2. The molecule has 1 unspecified atom stereocenters. The second-order valence-corrected chi connectivity index (χ2v) is 6.10. The molecule has 1 aliphatic heterocycles. The Bertz CT molecular complexity index is 646. The smallest absolute Gasteiger partial charge is 0.237 e. The average Bonchev–Trinajstić information content (AvgIpc) is 3.14. The first-order valence-electron chi connectivity index (χ1n) is 8.23. The van der Waals surface area contributed by atoms with Gasteiger partial charge in [0.15, 0.2) is 0 Å². The fraction of sp³-hybridized carbons (Fsp3) is 0.471. The van der Waals surface area contributed by atoms with E-state index in [1.807, 2.05) is 24.3 Å². The van der Waals surface area contributed by atoms with Crippen LogP contribution >= 0.6 is 24.8 Å². The summed E-state index contributed by atoms with van der Waals surface area (Å²) in [7, 11) is 0. The van der Waals surface area contributed by atoms with Gasteiger partial charge in [0.05, 0.1) is 12.6 Å². The summed E-state index contributed by atoms with van der Waals surface area (Å²) in [6.45, 7) is 2.55. The van der Waals surface area contributed by atoms with Crippen LogP contribution in [0.3, 0.4) is 0 Å². The van der Waals surface area contributed by atoms with Crippen molar-refractivity contribution in [1.29, 1.82) is 0 Å². The Morgan fingerprint density at radius 2 is 1.88 bits per heavy atom. The van der Waals surface area contributed by atoms with Gasteiger partial charge in [-0.1, -0.05) is 24.3 Å². The molecule has 1 saturated heterocycles. The molecule has 0 spiro atoms. The Kier molecular flexibility index (Phi) is 9.58. The van der Waals surface area contributed by atoms with E-state index in [1.54, 1.807) is 11.0 Å². The molecule has 0 bridgehead atoms. The summed E-state index contributed by atoms with van der Waals surface area (Å²) in [6, 6.07) is 7.61. The zero-order valence-electron chi connectivity index (χ0n) is 14.4. The fourth-order valence-corrected chi connectivity index (χ4v) is 2.86. The highest BCUT2D eigenvalue weighted by atomic mass is 35.5. The quantitative estimate of drug-likeness (QED) is 0.765. The van der Waals surface area contributed by atoms with E-state index in [-0.39, 0.29) is 36.6 Å². The molecule has 0 radical (unpaired) electrons. The first-order valence-corrected chi connectivity index (χ1v) is 8.23. The molecule has 7 nitrogen and oxygen atoms in total. The maximum Gasteiger partial charge on any atom is 0.237 e. The number of benzene rings is 1. The maximum absolute atomic E-state index is 12.2. The molecule has 26 heavy (non-hydrogen) atoms. The van der Waals surface area contributed by atoms with Gasteiger partial charge in [-0.2, -0.15) is 5.10 Å². The lowest BCUT2D eigenvalue weighted by Gasteiger charge is -2.26. The number of nitrogens with two attached hydrogens (primary N) is 1. The molecule has 1 aromatic heterocycles. The van der Waals surface area contributed by atoms with Crippen LogP contribution in [-0.4, -0.2) is 39.9 Å². The fourth-order valence-electron chi connectivity index (χ4n) is 2.86. The normalized spacial score (nSPS) is 15.4. The van der Waals surface area contributed by atoms with Gasteiger partial charge < -0.3 is 15.8 Å². The van der Waals surface area contributed by atoms with E-state index >= 15 is 0 Å². The molecule has 1 atom stereocenters. The minimum absolute atomic E-state index is 0. The summed E-state index contributed by atoms with van der Waals surface area (Å²) < 4.78 is 7.08. The average molecular weight is 402 g/mol. The Balaban J connectivity index is 0.00000169. The lowest BCUT2D eigenvalue weighted by Crippen LogP contribution is -2.46. The van der Waals surface area contributed by atoms with E-state index in [0.29, 0.717) is 26.3 Å². The van der Waals surface area contributed by atoms with Crippen molar-refractivity contribution in [1.82, 2.24) is 20.1 Å². The minimum atomic E-state index is -0.458. The van der Waals surface area contributed by atoms with E-state index in [2.05, 4.69) is 15.4 Å². The van der Waals surface area contributed by atoms with Gasteiger partial charge in [-0.3, -0.25) is 4.79 Å². The van der Waals surface area contributed by atoms with E-state index in [9.17, 15) is 4.79 Å². The Hall–Kier alpha value is -1.67. The van der Waals surface area contributed by atoms with Gasteiger partial charge in [-0.15, -0.1) is 24.8 Å². The van der Waals surface area contributed by atoms with E-state index in [1.165, 1.54) is 6.33 Å². The number of nitrogens with zero attached hydrogens (tertiary/aromatic N) is 3. The van der Waals surface area contributed by atoms with Crippen molar-refractivity contribution in [3.05, 3.63) is 48.0 Å². The number of aromatic nitrogens is 3. The molecule has 9 heteroatoms. The predicted molar refractivity (Wildman–Crippen MR) is 103 cm³/mol. The summed E-state index contributed by atoms with van der Waals surface area (Å²) in [4.78, 5) is 16.1. The summed E-state index contributed by atoms with van der Waals surface area (Å²) in [6.07, 6.45) is 4.91.